The second-order valence-electron chi connectivity index (χ2n) is 5.69. The van der Waals surface area contributed by atoms with Gasteiger partial charge in [0.05, 0.1) is 6.61 Å². The molecule has 126 valence electrons. The maximum atomic E-state index is 5.93. The number of nitrogens with two attached hydrogens (primary N) is 2. The summed E-state index contributed by atoms with van der Waals surface area (Å²) in [4.78, 5) is 9.60. The molecule has 0 spiro atoms. The molecule has 1 aliphatic rings. The van der Waals surface area contributed by atoms with Crippen molar-refractivity contribution in [2.24, 2.45) is 10.7 Å². The van der Waals surface area contributed by atoms with Crippen molar-refractivity contribution in [2.45, 2.75) is 12.6 Å². The lowest BCUT2D eigenvalue weighted by Crippen LogP contribution is -2.38. The van der Waals surface area contributed by atoms with Gasteiger partial charge in [0.2, 0.25) is 0 Å². The summed E-state index contributed by atoms with van der Waals surface area (Å²) in [7, 11) is 0. The lowest BCUT2D eigenvalue weighted by Gasteiger charge is -2.32. The number of rotatable bonds is 5. The Balaban J connectivity index is 1.72. The van der Waals surface area contributed by atoms with Crippen LogP contribution in [0.4, 0.5) is 0 Å². The molecule has 0 saturated carbocycles. The highest BCUT2D eigenvalue weighted by atomic mass is 79.9. The van der Waals surface area contributed by atoms with E-state index in [4.69, 9.17) is 15.9 Å². The van der Waals surface area contributed by atoms with Gasteiger partial charge in [-0.3, -0.25) is 10.3 Å². The highest BCUT2D eigenvalue weighted by Crippen LogP contribution is 2.27. The number of benzene rings is 1. The fourth-order valence-electron chi connectivity index (χ4n) is 2.83. The number of morpholine rings is 1. The molecule has 1 fully saturated rings. The topological polar surface area (TPSA) is 92.2 Å². The quantitative estimate of drug-likeness (QED) is 0.521. The van der Waals surface area contributed by atoms with E-state index in [2.05, 4.69) is 55.1 Å². The first-order valence-electron chi connectivity index (χ1n) is 7.80. The first kappa shape index (κ1) is 16.9. The number of hydrogen-bond acceptors (Lipinski definition) is 2. The van der Waals surface area contributed by atoms with Crippen molar-refractivity contribution < 1.29 is 10.1 Å². The number of aromatic amines is 1. The van der Waals surface area contributed by atoms with E-state index >= 15 is 0 Å². The van der Waals surface area contributed by atoms with Gasteiger partial charge in [-0.2, -0.15) is 0 Å². The smallest absolute Gasteiger partial charge is 0.280 e. The van der Waals surface area contributed by atoms with Crippen LogP contribution in [-0.4, -0.2) is 41.8 Å². The number of ether oxygens (including phenoxy) is 1. The Morgan fingerprint density at radius 1 is 1.46 bits per heavy atom. The third-order valence-electron chi connectivity index (χ3n) is 4.01. The zero-order chi connectivity index (χ0) is 16.9. The average Bonchev–Trinajstić information content (AvgIpc) is 2.98. The molecule has 7 heteroatoms. The second-order valence-corrected chi connectivity index (χ2v) is 6.55. The number of nitrogens with one attached hydrogen (secondary N) is 1. The van der Waals surface area contributed by atoms with Gasteiger partial charge in [0.1, 0.15) is 11.8 Å². The van der Waals surface area contributed by atoms with Gasteiger partial charge in [-0.1, -0.05) is 30.3 Å². The summed E-state index contributed by atoms with van der Waals surface area (Å²) in [6.07, 6.45) is 1.16. The minimum absolute atomic E-state index is 0.0258. The van der Waals surface area contributed by atoms with Crippen LogP contribution in [0.2, 0.25) is 0 Å². The molecule has 0 amide bonds. The van der Waals surface area contributed by atoms with Crippen LogP contribution in [0, 0.1) is 0 Å². The fourth-order valence-corrected chi connectivity index (χ4v) is 3.38. The Morgan fingerprint density at radius 3 is 3.00 bits per heavy atom. The van der Waals surface area contributed by atoms with Crippen molar-refractivity contribution in [1.29, 1.82) is 0 Å². The summed E-state index contributed by atoms with van der Waals surface area (Å²) < 4.78 is 6.78. The number of aliphatic imine (C=N–C) groups is 1. The van der Waals surface area contributed by atoms with Gasteiger partial charge >= 0.3 is 0 Å². The molecule has 2 heterocycles. The monoisotopic (exact) mass is 390 g/mol. The summed E-state index contributed by atoms with van der Waals surface area (Å²) in [5, 5.41) is 5.30. The first-order valence-corrected chi connectivity index (χ1v) is 8.60. The maximum absolute atomic E-state index is 5.93. The Hall–Kier alpha value is -1.96. The number of nitrogens with zero attached hydrogens (tertiary/aromatic N) is 2. The van der Waals surface area contributed by atoms with E-state index in [1.54, 1.807) is 0 Å². The molecule has 1 unspecified atom stereocenters. The van der Waals surface area contributed by atoms with Gasteiger partial charge in [-0.25, -0.2) is 0 Å². The van der Waals surface area contributed by atoms with E-state index in [0.717, 1.165) is 35.5 Å². The van der Waals surface area contributed by atoms with Gasteiger partial charge in [-0.05, 0) is 32.6 Å². The summed E-state index contributed by atoms with van der Waals surface area (Å²) in [5.74, 6) is 0.340. The van der Waals surface area contributed by atoms with Gasteiger partial charge < -0.3 is 15.5 Å². The Labute approximate surface area is 149 Å². The maximum Gasteiger partial charge on any atom is 0.280 e. The van der Waals surface area contributed by atoms with Gasteiger partial charge in [0.25, 0.3) is 12.2 Å². The first-order chi connectivity index (χ1) is 11.7. The number of H-pyrrole nitrogens is 1. The molecular weight excluding hydrogens is 370 g/mol. The van der Waals surface area contributed by atoms with Crippen molar-refractivity contribution in [3.05, 3.63) is 57.8 Å². The zero-order valence-electron chi connectivity index (χ0n) is 13.3. The van der Waals surface area contributed by atoms with Crippen molar-refractivity contribution in [2.75, 3.05) is 19.7 Å². The third-order valence-corrected chi connectivity index (χ3v) is 4.63. The zero-order valence-corrected chi connectivity index (χ0v) is 14.9. The van der Waals surface area contributed by atoms with Gasteiger partial charge in [0, 0.05) is 29.8 Å². The lowest BCUT2D eigenvalue weighted by molar-refractivity contribution is -0.106. The Bertz CT molecular complexity index is 728. The summed E-state index contributed by atoms with van der Waals surface area (Å²) >= 11 is 3.51. The number of halogens is 1. The fraction of sp³-hybridized carbons (Fsp3) is 0.294. The molecule has 2 aromatic rings. The van der Waals surface area contributed by atoms with Gasteiger partial charge in [0.15, 0.2) is 0 Å². The highest BCUT2D eigenvalue weighted by Gasteiger charge is 2.25. The molecule has 1 aliphatic heterocycles. The van der Waals surface area contributed by atoms with Crippen LogP contribution in [-0.2, 0) is 11.3 Å². The molecule has 1 saturated heterocycles. The van der Waals surface area contributed by atoms with Crippen LogP contribution < -0.4 is 11.1 Å². The third kappa shape index (κ3) is 3.92. The Morgan fingerprint density at radius 2 is 2.25 bits per heavy atom. The van der Waals surface area contributed by atoms with E-state index < -0.39 is 0 Å². The minimum Gasteiger partial charge on any atom is -0.369 e. The lowest BCUT2D eigenvalue weighted by atomic mass is 10.1. The predicted molar refractivity (Wildman–Crippen MR) is 97.6 cm³/mol. The molecule has 24 heavy (non-hydrogen) atoms. The Kier molecular flexibility index (Phi) is 5.44. The molecule has 1 aromatic heterocycles. The molecule has 3 rings (SSSR count). The van der Waals surface area contributed by atoms with Crippen molar-refractivity contribution in [3.8, 4) is 0 Å². The molecule has 0 aliphatic carbocycles. The van der Waals surface area contributed by atoms with E-state index in [9.17, 15) is 0 Å². The van der Waals surface area contributed by atoms with Crippen LogP contribution in [0.25, 0.3) is 0 Å². The normalized spacial score (nSPS) is 19.4. The predicted octanol–water partition coefficient (Wildman–Crippen LogP) is 0.843. The van der Waals surface area contributed by atoms with E-state index in [-0.39, 0.29) is 6.10 Å². The van der Waals surface area contributed by atoms with Crippen LogP contribution in [0.1, 0.15) is 23.1 Å². The van der Waals surface area contributed by atoms with Crippen molar-refractivity contribution >= 4 is 28.1 Å². The molecule has 5 N–H and O–H groups in total. The summed E-state index contributed by atoms with van der Waals surface area (Å²) in [5.41, 5.74) is 8.91. The van der Waals surface area contributed by atoms with Crippen LogP contribution >= 0.6 is 15.9 Å². The van der Waals surface area contributed by atoms with E-state index in [1.807, 2.05) is 12.1 Å². The summed E-state index contributed by atoms with van der Waals surface area (Å²) in [6, 6.07) is 12.5. The van der Waals surface area contributed by atoms with Crippen molar-refractivity contribution in [3.63, 3.8) is 0 Å². The minimum atomic E-state index is -0.0258. The number of aromatic nitrogens is 1. The van der Waals surface area contributed by atoms with Crippen LogP contribution in [0.5, 0.6) is 0 Å². The average molecular weight is 391 g/mol. The molecule has 1 atom stereocenters. The molecule has 6 nitrogen and oxygen atoms in total. The molecular formula is C17H21BrN5O+. The standard InChI is InChI=1S/C17H20BrN5O/c18-13-8-14(22-16(13)17(20)21-11-19)15-10-23(6-7-24-15)9-12-4-2-1-3-5-12/h1-5,8,11,15,22H,6-7,9-10H2,(H3,19,20,21)/p+1. The van der Waals surface area contributed by atoms with Crippen LogP contribution in [0.15, 0.2) is 45.9 Å². The summed E-state index contributed by atoms with van der Waals surface area (Å²) in [6.45, 7) is 3.36. The van der Waals surface area contributed by atoms with E-state index in [1.165, 1.54) is 11.9 Å². The largest absolute Gasteiger partial charge is 0.369 e. The molecule has 0 radical (unpaired) electrons. The highest BCUT2D eigenvalue weighted by molar-refractivity contribution is 9.10. The van der Waals surface area contributed by atoms with Crippen LogP contribution in [0.3, 0.4) is 0 Å². The number of hydrogen-bond donors (Lipinski definition) is 3. The second kappa shape index (κ2) is 7.74. The number of amidine groups is 1. The molecule has 1 aromatic carbocycles. The van der Waals surface area contributed by atoms with E-state index in [0.29, 0.717) is 12.4 Å². The van der Waals surface area contributed by atoms with Crippen molar-refractivity contribution in [1.82, 2.24) is 9.88 Å². The van der Waals surface area contributed by atoms with Gasteiger partial charge in [-0.15, -0.1) is 0 Å². The SMILES string of the molecule is NC(=NC=[NH2+])c1[nH]c(C2CN(Cc3ccccc3)CCO2)cc1Br. The molecule has 0 bridgehead atoms.